The molecule has 0 aliphatic carbocycles. The Kier molecular flexibility index (Phi) is 3.96. The number of halogens is 1. The standard InChI is InChI=1S/C12H13BrN4O2S/c1-7-3-9(14)8(2)10(4-7)20(18,19)17-12-6-15-11(13)5-16-12/h3-6H,14H2,1-2H3,(H,16,17). The first-order valence-corrected chi connectivity index (χ1v) is 7.94. The summed E-state index contributed by atoms with van der Waals surface area (Å²) in [6.07, 6.45) is 2.74. The molecule has 3 N–H and O–H groups in total. The van der Waals surface area contributed by atoms with Crippen LogP contribution < -0.4 is 10.5 Å². The average Bonchev–Trinajstić information content (AvgIpc) is 2.36. The minimum absolute atomic E-state index is 0.139. The van der Waals surface area contributed by atoms with E-state index in [-0.39, 0.29) is 10.7 Å². The Hall–Kier alpha value is -1.67. The van der Waals surface area contributed by atoms with Gasteiger partial charge in [-0.1, -0.05) is 0 Å². The number of anilines is 2. The van der Waals surface area contributed by atoms with Crippen LogP contribution in [0.4, 0.5) is 11.5 Å². The number of nitrogens with zero attached hydrogens (tertiary/aromatic N) is 2. The highest BCUT2D eigenvalue weighted by molar-refractivity contribution is 9.10. The van der Waals surface area contributed by atoms with Gasteiger partial charge in [0.15, 0.2) is 5.82 Å². The second-order valence-electron chi connectivity index (χ2n) is 4.31. The molecule has 0 saturated heterocycles. The molecule has 1 aromatic heterocycles. The Morgan fingerprint density at radius 1 is 1.20 bits per heavy atom. The highest BCUT2D eigenvalue weighted by Gasteiger charge is 2.19. The summed E-state index contributed by atoms with van der Waals surface area (Å²) in [6, 6.07) is 3.30. The minimum atomic E-state index is -3.75. The summed E-state index contributed by atoms with van der Waals surface area (Å²) in [5.74, 6) is 0.146. The highest BCUT2D eigenvalue weighted by atomic mass is 79.9. The van der Waals surface area contributed by atoms with Gasteiger partial charge >= 0.3 is 0 Å². The van der Waals surface area contributed by atoms with E-state index in [2.05, 4.69) is 30.6 Å². The van der Waals surface area contributed by atoms with Crippen molar-refractivity contribution >= 4 is 37.5 Å². The molecule has 6 nitrogen and oxygen atoms in total. The van der Waals surface area contributed by atoms with E-state index in [1.54, 1.807) is 26.0 Å². The maximum absolute atomic E-state index is 12.4. The number of rotatable bonds is 3. The fraction of sp³-hybridized carbons (Fsp3) is 0.167. The monoisotopic (exact) mass is 356 g/mol. The summed E-state index contributed by atoms with van der Waals surface area (Å²) in [6.45, 7) is 3.45. The van der Waals surface area contributed by atoms with Gasteiger partial charge in [0.25, 0.3) is 10.0 Å². The van der Waals surface area contributed by atoms with Crippen LogP contribution in [0.1, 0.15) is 11.1 Å². The molecule has 0 radical (unpaired) electrons. The molecule has 0 unspecified atom stereocenters. The third-order valence-corrected chi connectivity index (χ3v) is 4.58. The molecule has 1 heterocycles. The third-order valence-electron chi connectivity index (χ3n) is 2.69. The van der Waals surface area contributed by atoms with Crippen LogP contribution in [-0.2, 0) is 10.0 Å². The molecule has 0 aliphatic heterocycles. The second kappa shape index (κ2) is 5.37. The van der Waals surface area contributed by atoms with Gasteiger partial charge < -0.3 is 5.73 Å². The van der Waals surface area contributed by atoms with E-state index >= 15 is 0 Å². The predicted molar refractivity (Wildman–Crippen MR) is 80.9 cm³/mol. The van der Waals surface area contributed by atoms with Crippen molar-refractivity contribution in [3.63, 3.8) is 0 Å². The predicted octanol–water partition coefficient (Wildman–Crippen LogP) is 2.24. The van der Waals surface area contributed by atoms with E-state index in [4.69, 9.17) is 5.73 Å². The quantitative estimate of drug-likeness (QED) is 0.821. The fourth-order valence-electron chi connectivity index (χ4n) is 1.69. The number of nitrogens with two attached hydrogens (primary N) is 1. The van der Waals surface area contributed by atoms with Gasteiger partial charge in [-0.25, -0.2) is 18.4 Å². The van der Waals surface area contributed by atoms with Crippen LogP contribution in [0, 0.1) is 13.8 Å². The van der Waals surface area contributed by atoms with Crippen molar-refractivity contribution in [2.75, 3.05) is 10.5 Å². The summed E-state index contributed by atoms with van der Waals surface area (Å²) in [7, 11) is -3.75. The van der Waals surface area contributed by atoms with Crippen LogP contribution in [0.15, 0.2) is 34.0 Å². The summed E-state index contributed by atoms with van der Waals surface area (Å²) >= 11 is 3.13. The first-order chi connectivity index (χ1) is 9.29. The molecule has 0 fully saturated rings. The van der Waals surface area contributed by atoms with Crippen molar-refractivity contribution in [1.82, 2.24) is 9.97 Å². The number of aromatic nitrogens is 2. The van der Waals surface area contributed by atoms with Crippen LogP contribution in [0.2, 0.25) is 0 Å². The number of aryl methyl sites for hydroxylation is 1. The van der Waals surface area contributed by atoms with E-state index in [0.717, 1.165) is 5.56 Å². The molecule has 0 atom stereocenters. The van der Waals surface area contributed by atoms with Crippen LogP contribution in [-0.4, -0.2) is 18.4 Å². The van der Waals surface area contributed by atoms with Gasteiger partial charge in [-0.05, 0) is 53.0 Å². The second-order valence-corrected chi connectivity index (χ2v) is 6.77. The van der Waals surface area contributed by atoms with Crippen LogP contribution >= 0.6 is 15.9 Å². The first kappa shape index (κ1) is 14.7. The molecule has 0 aliphatic rings. The summed E-state index contributed by atoms with van der Waals surface area (Å²) in [4.78, 5) is 7.99. The Bertz CT molecular complexity index is 745. The zero-order valence-electron chi connectivity index (χ0n) is 10.9. The molecule has 2 rings (SSSR count). The summed E-state index contributed by atoms with van der Waals surface area (Å²) in [5, 5.41) is 0. The Labute approximate surface area is 125 Å². The lowest BCUT2D eigenvalue weighted by Crippen LogP contribution is -2.16. The molecule has 0 bridgehead atoms. The maximum Gasteiger partial charge on any atom is 0.263 e. The van der Waals surface area contributed by atoms with Gasteiger partial charge in [0, 0.05) is 5.69 Å². The van der Waals surface area contributed by atoms with E-state index in [9.17, 15) is 8.42 Å². The molecule has 0 saturated carbocycles. The molecule has 0 amide bonds. The number of nitrogens with one attached hydrogen (secondary N) is 1. The lowest BCUT2D eigenvalue weighted by Gasteiger charge is -2.12. The zero-order chi connectivity index (χ0) is 14.9. The summed E-state index contributed by atoms with van der Waals surface area (Å²) < 4.78 is 27.6. The SMILES string of the molecule is Cc1cc(N)c(C)c(S(=O)(=O)Nc2cnc(Br)cn2)c1. The smallest absolute Gasteiger partial charge is 0.263 e. The maximum atomic E-state index is 12.4. The molecule has 8 heteroatoms. The van der Waals surface area contributed by atoms with Crippen molar-refractivity contribution in [1.29, 1.82) is 0 Å². The number of benzene rings is 1. The molecule has 106 valence electrons. The Morgan fingerprint density at radius 2 is 1.90 bits per heavy atom. The summed E-state index contributed by atoms with van der Waals surface area (Å²) in [5.41, 5.74) is 7.52. The molecular formula is C12H13BrN4O2S. The lowest BCUT2D eigenvalue weighted by atomic mass is 10.1. The van der Waals surface area contributed by atoms with Crippen molar-refractivity contribution in [2.45, 2.75) is 18.7 Å². The number of sulfonamides is 1. The first-order valence-electron chi connectivity index (χ1n) is 5.66. The van der Waals surface area contributed by atoms with E-state index < -0.39 is 10.0 Å². The van der Waals surface area contributed by atoms with Gasteiger partial charge in [0.1, 0.15) is 4.60 Å². The Morgan fingerprint density at radius 3 is 2.50 bits per heavy atom. The van der Waals surface area contributed by atoms with E-state index in [1.165, 1.54) is 12.4 Å². The number of hydrogen-bond donors (Lipinski definition) is 2. The molecule has 0 spiro atoms. The topological polar surface area (TPSA) is 98.0 Å². The molecular weight excluding hydrogens is 344 g/mol. The molecule has 20 heavy (non-hydrogen) atoms. The molecule has 2 aromatic rings. The van der Waals surface area contributed by atoms with Gasteiger partial charge in [0.2, 0.25) is 0 Å². The largest absolute Gasteiger partial charge is 0.398 e. The van der Waals surface area contributed by atoms with Crippen molar-refractivity contribution in [3.05, 3.63) is 40.3 Å². The Balaban J connectivity index is 2.43. The van der Waals surface area contributed by atoms with Gasteiger partial charge in [-0.15, -0.1) is 0 Å². The van der Waals surface area contributed by atoms with Gasteiger partial charge in [-0.3, -0.25) is 4.72 Å². The number of hydrogen-bond acceptors (Lipinski definition) is 5. The van der Waals surface area contributed by atoms with Crippen molar-refractivity contribution in [2.24, 2.45) is 0 Å². The van der Waals surface area contributed by atoms with E-state index in [1.807, 2.05) is 0 Å². The fourth-order valence-corrected chi connectivity index (χ4v) is 3.25. The zero-order valence-corrected chi connectivity index (χ0v) is 13.3. The molecule has 1 aromatic carbocycles. The van der Waals surface area contributed by atoms with Crippen LogP contribution in [0.5, 0.6) is 0 Å². The van der Waals surface area contributed by atoms with Gasteiger partial charge in [-0.2, -0.15) is 0 Å². The van der Waals surface area contributed by atoms with Crippen molar-refractivity contribution < 1.29 is 8.42 Å². The minimum Gasteiger partial charge on any atom is -0.398 e. The van der Waals surface area contributed by atoms with Crippen LogP contribution in [0.3, 0.4) is 0 Å². The van der Waals surface area contributed by atoms with Crippen LogP contribution in [0.25, 0.3) is 0 Å². The number of nitrogen functional groups attached to an aromatic ring is 1. The van der Waals surface area contributed by atoms with E-state index in [0.29, 0.717) is 15.9 Å². The van der Waals surface area contributed by atoms with Gasteiger partial charge in [0.05, 0.1) is 17.3 Å². The third kappa shape index (κ3) is 3.07. The lowest BCUT2D eigenvalue weighted by molar-refractivity contribution is 0.600. The highest BCUT2D eigenvalue weighted by Crippen LogP contribution is 2.24. The normalized spacial score (nSPS) is 11.3. The average molecular weight is 357 g/mol. The van der Waals surface area contributed by atoms with Crippen molar-refractivity contribution in [3.8, 4) is 0 Å².